The van der Waals surface area contributed by atoms with Crippen molar-refractivity contribution in [2.45, 2.75) is 64.8 Å². The van der Waals surface area contributed by atoms with Gasteiger partial charge in [0.15, 0.2) is 6.29 Å². The third-order valence-corrected chi connectivity index (χ3v) is 4.83. The molecule has 1 aliphatic rings. The lowest BCUT2D eigenvalue weighted by Gasteiger charge is -2.42. The van der Waals surface area contributed by atoms with E-state index in [-0.39, 0.29) is 10.8 Å². The van der Waals surface area contributed by atoms with Crippen molar-refractivity contribution in [1.29, 1.82) is 0 Å². The quantitative estimate of drug-likeness (QED) is 0.582. The van der Waals surface area contributed by atoms with E-state index in [1.807, 2.05) is 19.1 Å². The fourth-order valence-corrected chi connectivity index (χ4v) is 3.19. The van der Waals surface area contributed by atoms with Gasteiger partial charge in [0, 0.05) is 7.11 Å². The molecule has 1 unspecified atom stereocenters. The van der Waals surface area contributed by atoms with Crippen molar-refractivity contribution in [2.75, 3.05) is 13.7 Å². The van der Waals surface area contributed by atoms with Crippen LogP contribution in [0.1, 0.15) is 68.9 Å². The van der Waals surface area contributed by atoms with Gasteiger partial charge < -0.3 is 14.2 Å². The average molecular weight is 320 g/mol. The minimum absolute atomic E-state index is 0.0541. The summed E-state index contributed by atoms with van der Waals surface area (Å²) in [6.45, 7) is 10.5. The van der Waals surface area contributed by atoms with Crippen LogP contribution < -0.4 is 4.74 Å². The van der Waals surface area contributed by atoms with Crippen LogP contribution in [-0.4, -0.2) is 26.5 Å². The average Bonchev–Trinajstić information content (AvgIpc) is 2.51. The zero-order valence-electron chi connectivity index (χ0n) is 15.1. The van der Waals surface area contributed by atoms with E-state index in [4.69, 9.17) is 14.2 Å². The van der Waals surface area contributed by atoms with E-state index in [0.717, 1.165) is 19.1 Å². The molecule has 4 heteroatoms. The maximum atomic E-state index is 11.6. The minimum atomic E-state index is -0.809. The minimum Gasteiger partial charge on any atom is -0.440 e. The highest BCUT2D eigenvalue weighted by molar-refractivity contribution is 5.80. The number of carbonyl (C=O) groups is 1. The lowest BCUT2D eigenvalue weighted by atomic mass is 9.63. The van der Waals surface area contributed by atoms with Crippen LogP contribution >= 0.6 is 0 Å². The van der Waals surface area contributed by atoms with Crippen molar-refractivity contribution >= 4 is 6.29 Å². The predicted octanol–water partition coefficient (Wildman–Crippen LogP) is 4.19. The van der Waals surface area contributed by atoms with Gasteiger partial charge >= 0.3 is 6.48 Å². The molecule has 1 aromatic carbocycles. The van der Waals surface area contributed by atoms with Gasteiger partial charge in [-0.2, -0.15) is 0 Å². The molecular formula is C19H28O4. The molecule has 0 fully saturated rings. The fourth-order valence-electron chi connectivity index (χ4n) is 3.19. The van der Waals surface area contributed by atoms with Crippen LogP contribution in [0.3, 0.4) is 0 Å². The first-order valence-corrected chi connectivity index (χ1v) is 8.20. The number of hydrogen-bond acceptors (Lipinski definition) is 4. The molecule has 0 N–H and O–H groups in total. The highest BCUT2D eigenvalue weighted by atomic mass is 16.8. The Bertz CT molecular complexity index is 575. The van der Waals surface area contributed by atoms with Crippen molar-refractivity contribution in [3.8, 4) is 5.75 Å². The maximum absolute atomic E-state index is 11.6. The summed E-state index contributed by atoms with van der Waals surface area (Å²) < 4.78 is 16.3. The summed E-state index contributed by atoms with van der Waals surface area (Å²) in [4.78, 5) is 11.6. The van der Waals surface area contributed by atoms with E-state index in [2.05, 4.69) is 27.7 Å². The zero-order valence-corrected chi connectivity index (χ0v) is 15.1. The molecule has 0 aliphatic heterocycles. The molecule has 1 aliphatic carbocycles. The molecule has 1 aromatic rings. The van der Waals surface area contributed by atoms with Crippen molar-refractivity contribution in [3.63, 3.8) is 0 Å². The SMILES string of the molecule is CCOC(OC)Oc1cc2c(cc1C=O)C(C)(C)CCC2(C)C. The van der Waals surface area contributed by atoms with Crippen LogP contribution in [0, 0.1) is 0 Å². The Morgan fingerprint density at radius 1 is 1.13 bits per heavy atom. The summed E-state index contributed by atoms with van der Waals surface area (Å²) in [6.07, 6.45) is 3.04. The summed E-state index contributed by atoms with van der Waals surface area (Å²) >= 11 is 0. The lowest BCUT2D eigenvalue weighted by molar-refractivity contribution is -0.231. The number of ether oxygens (including phenoxy) is 3. The molecule has 0 heterocycles. The molecule has 0 saturated heterocycles. The van der Waals surface area contributed by atoms with E-state index in [9.17, 15) is 4.79 Å². The van der Waals surface area contributed by atoms with Crippen LogP contribution in [0.15, 0.2) is 12.1 Å². The second-order valence-corrected chi connectivity index (χ2v) is 7.42. The predicted molar refractivity (Wildman–Crippen MR) is 90.2 cm³/mol. The Morgan fingerprint density at radius 3 is 2.17 bits per heavy atom. The summed E-state index contributed by atoms with van der Waals surface area (Å²) in [5.74, 6) is 0.518. The molecule has 1 atom stereocenters. The number of carbonyl (C=O) groups excluding carboxylic acids is 1. The second kappa shape index (κ2) is 6.62. The first-order valence-electron chi connectivity index (χ1n) is 8.20. The number of rotatable bonds is 6. The smallest absolute Gasteiger partial charge is 0.315 e. The second-order valence-electron chi connectivity index (χ2n) is 7.42. The van der Waals surface area contributed by atoms with Crippen molar-refractivity contribution in [1.82, 2.24) is 0 Å². The van der Waals surface area contributed by atoms with E-state index in [0.29, 0.717) is 17.9 Å². The fraction of sp³-hybridized carbons (Fsp3) is 0.632. The van der Waals surface area contributed by atoms with E-state index < -0.39 is 6.48 Å². The largest absolute Gasteiger partial charge is 0.440 e. The third-order valence-electron chi connectivity index (χ3n) is 4.83. The van der Waals surface area contributed by atoms with Crippen LogP contribution in [-0.2, 0) is 20.3 Å². The molecule has 2 rings (SSSR count). The molecule has 0 radical (unpaired) electrons. The standard InChI is InChI=1S/C19H28O4/c1-7-22-17(21-6)23-16-11-15-14(10-13(16)12-20)18(2,3)8-9-19(15,4)5/h10-12,17H,7-9H2,1-6H3. The highest BCUT2D eigenvalue weighted by Gasteiger charge is 2.38. The number of benzene rings is 1. The van der Waals surface area contributed by atoms with Crippen molar-refractivity contribution in [2.24, 2.45) is 0 Å². The van der Waals surface area contributed by atoms with Crippen molar-refractivity contribution in [3.05, 3.63) is 28.8 Å². The monoisotopic (exact) mass is 320 g/mol. The normalized spacial score (nSPS) is 19.7. The number of hydrogen-bond donors (Lipinski definition) is 0. The van der Waals surface area contributed by atoms with Gasteiger partial charge in [0.1, 0.15) is 5.75 Å². The molecule has 4 nitrogen and oxygen atoms in total. The molecule has 0 saturated carbocycles. The van der Waals surface area contributed by atoms with E-state index >= 15 is 0 Å². The summed E-state index contributed by atoms with van der Waals surface area (Å²) in [5.41, 5.74) is 3.12. The van der Waals surface area contributed by atoms with Gasteiger partial charge in [0.05, 0.1) is 12.2 Å². The molecule has 0 amide bonds. The summed E-state index contributed by atoms with van der Waals surface area (Å²) in [6, 6.07) is 3.96. The number of fused-ring (bicyclic) bond motifs is 1. The Morgan fingerprint density at radius 2 is 1.70 bits per heavy atom. The van der Waals surface area contributed by atoms with E-state index in [1.165, 1.54) is 18.2 Å². The van der Waals surface area contributed by atoms with Gasteiger partial charge in [-0.25, -0.2) is 0 Å². The highest BCUT2D eigenvalue weighted by Crippen LogP contribution is 2.47. The molecule has 0 aromatic heterocycles. The van der Waals surface area contributed by atoms with Gasteiger partial charge in [0.25, 0.3) is 0 Å². The van der Waals surface area contributed by atoms with Crippen LogP contribution in [0.2, 0.25) is 0 Å². The molecule has 128 valence electrons. The Hall–Kier alpha value is -1.39. The van der Waals surface area contributed by atoms with Crippen LogP contribution in [0.25, 0.3) is 0 Å². The molecule has 0 bridgehead atoms. The zero-order chi connectivity index (χ0) is 17.3. The topological polar surface area (TPSA) is 44.8 Å². The number of aldehydes is 1. The van der Waals surface area contributed by atoms with E-state index in [1.54, 1.807) is 0 Å². The molecule has 23 heavy (non-hydrogen) atoms. The van der Waals surface area contributed by atoms with Gasteiger partial charge in [-0.3, -0.25) is 4.79 Å². The first-order chi connectivity index (χ1) is 10.7. The van der Waals surface area contributed by atoms with Gasteiger partial charge in [-0.1, -0.05) is 27.7 Å². The summed E-state index contributed by atoms with van der Waals surface area (Å²) in [7, 11) is 1.52. The maximum Gasteiger partial charge on any atom is 0.315 e. The first kappa shape index (κ1) is 18.0. The summed E-state index contributed by atoms with van der Waals surface area (Å²) in [5, 5.41) is 0. The Kier molecular flexibility index (Phi) is 5.17. The number of methoxy groups -OCH3 is 1. The molecule has 0 spiro atoms. The Balaban J connectivity index is 2.51. The van der Waals surface area contributed by atoms with Gasteiger partial charge in [-0.05, 0) is 53.9 Å². The van der Waals surface area contributed by atoms with Gasteiger partial charge in [0.2, 0.25) is 0 Å². The Labute approximate surface area is 139 Å². The lowest BCUT2D eigenvalue weighted by Crippen LogP contribution is -2.34. The van der Waals surface area contributed by atoms with Crippen LogP contribution in [0.5, 0.6) is 5.75 Å². The third kappa shape index (κ3) is 3.59. The molecular weight excluding hydrogens is 292 g/mol. The van der Waals surface area contributed by atoms with Gasteiger partial charge in [-0.15, -0.1) is 0 Å². The van der Waals surface area contributed by atoms with Crippen molar-refractivity contribution < 1.29 is 19.0 Å². The van der Waals surface area contributed by atoms with Crippen LogP contribution in [0.4, 0.5) is 0 Å².